The van der Waals surface area contributed by atoms with Crippen molar-refractivity contribution in [3.63, 3.8) is 0 Å². The standard InChI is InChI=1S/C17H20ClFN2O4/c18-14-11-12(19)1-2-13(14)16(23)20-6-3-15(22)21-7-4-17(5-8-21)24-9-10-25-17/h1-2,11H,3-10H2,(H,20,23). The average Bonchev–Trinajstić information content (AvgIpc) is 3.03. The minimum atomic E-state index is -0.510. The minimum absolute atomic E-state index is 0.0293. The van der Waals surface area contributed by atoms with E-state index in [-0.39, 0.29) is 29.5 Å². The average molecular weight is 371 g/mol. The summed E-state index contributed by atoms with van der Waals surface area (Å²) in [5, 5.41) is 2.68. The second-order valence-corrected chi connectivity index (χ2v) is 6.53. The lowest BCUT2D eigenvalue weighted by Gasteiger charge is -2.37. The van der Waals surface area contributed by atoms with Crippen molar-refractivity contribution in [1.29, 1.82) is 0 Å². The zero-order valence-electron chi connectivity index (χ0n) is 13.7. The quantitative estimate of drug-likeness (QED) is 0.879. The molecule has 1 aromatic rings. The summed E-state index contributed by atoms with van der Waals surface area (Å²) >= 11 is 5.85. The largest absolute Gasteiger partial charge is 0.351 e. The van der Waals surface area contributed by atoms with Gasteiger partial charge in [-0.05, 0) is 18.2 Å². The maximum absolute atomic E-state index is 13.0. The number of amides is 2. The van der Waals surface area contributed by atoms with Crippen LogP contribution < -0.4 is 5.32 Å². The molecule has 0 aliphatic carbocycles. The van der Waals surface area contributed by atoms with Gasteiger partial charge in [0.15, 0.2) is 5.79 Å². The van der Waals surface area contributed by atoms with Crippen LogP contribution in [-0.4, -0.2) is 55.3 Å². The van der Waals surface area contributed by atoms with E-state index in [1.807, 2.05) is 0 Å². The summed E-state index contributed by atoms with van der Waals surface area (Å²) in [4.78, 5) is 26.0. The molecule has 2 amide bonds. The Bertz CT molecular complexity index is 654. The first-order valence-corrected chi connectivity index (χ1v) is 8.66. The van der Waals surface area contributed by atoms with Gasteiger partial charge in [0, 0.05) is 38.9 Å². The summed E-state index contributed by atoms with van der Waals surface area (Å²) in [7, 11) is 0. The van der Waals surface area contributed by atoms with Crippen LogP contribution in [0.1, 0.15) is 29.6 Å². The van der Waals surface area contributed by atoms with Gasteiger partial charge < -0.3 is 19.7 Å². The number of ether oxygens (including phenoxy) is 2. The number of halogens is 2. The Balaban J connectivity index is 1.43. The molecule has 1 aromatic carbocycles. The first kappa shape index (κ1) is 18.1. The van der Waals surface area contributed by atoms with E-state index in [4.69, 9.17) is 21.1 Å². The summed E-state index contributed by atoms with van der Waals surface area (Å²) in [5.41, 5.74) is 0.186. The molecule has 0 atom stereocenters. The molecule has 136 valence electrons. The minimum Gasteiger partial charge on any atom is -0.351 e. The zero-order valence-corrected chi connectivity index (χ0v) is 14.5. The summed E-state index contributed by atoms with van der Waals surface area (Å²) in [6, 6.07) is 3.57. The van der Waals surface area contributed by atoms with E-state index in [0.29, 0.717) is 39.1 Å². The van der Waals surface area contributed by atoms with Crippen molar-refractivity contribution in [2.45, 2.75) is 25.0 Å². The van der Waals surface area contributed by atoms with Crippen LogP contribution in [0.2, 0.25) is 5.02 Å². The number of carbonyl (C=O) groups is 2. The predicted octanol–water partition coefficient (Wildman–Crippen LogP) is 1.96. The van der Waals surface area contributed by atoms with Crippen LogP contribution in [0.5, 0.6) is 0 Å². The molecule has 1 spiro atoms. The lowest BCUT2D eigenvalue weighted by atomic mass is 10.0. The second kappa shape index (κ2) is 7.68. The van der Waals surface area contributed by atoms with Gasteiger partial charge in [-0.25, -0.2) is 4.39 Å². The van der Waals surface area contributed by atoms with Gasteiger partial charge in [-0.1, -0.05) is 11.6 Å². The zero-order chi connectivity index (χ0) is 17.9. The first-order chi connectivity index (χ1) is 12.0. The highest BCUT2D eigenvalue weighted by molar-refractivity contribution is 6.33. The van der Waals surface area contributed by atoms with Crippen LogP contribution >= 0.6 is 11.6 Å². The van der Waals surface area contributed by atoms with Gasteiger partial charge in [-0.3, -0.25) is 9.59 Å². The normalized spacial score (nSPS) is 19.2. The molecule has 0 bridgehead atoms. The molecular weight excluding hydrogens is 351 g/mol. The van der Waals surface area contributed by atoms with Gasteiger partial charge in [-0.2, -0.15) is 0 Å². The van der Waals surface area contributed by atoms with Gasteiger partial charge in [0.2, 0.25) is 5.91 Å². The molecule has 2 saturated heterocycles. The third kappa shape index (κ3) is 4.29. The number of hydrogen-bond donors (Lipinski definition) is 1. The lowest BCUT2D eigenvalue weighted by Crippen LogP contribution is -2.47. The Morgan fingerprint density at radius 3 is 2.56 bits per heavy atom. The Labute approximate surface area is 150 Å². The summed E-state index contributed by atoms with van der Waals surface area (Å²) in [5.74, 6) is -1.47. The third-order valence-corrected chi connectivity index (χ3v) is 4.80. The number of nitrogens with one attached hydrogen (secondary N) is 1. The molecule has 0 radical (unpaired) electrons. The van der Waals surface area contributed by atoms with Crippen molar-refractivity contribution in [1.82, 2.24) is 10.2 Å². The highest BCUT2D eigenvalue weighted by Crippen LogP contribution is 2.31. The fraction of sp³-hybridized carbons (Fsp3) is 0.529. The molecule has 6 nitrogen and oxygen atoms in total. The second-order valence-electron chi connectivity index (χ2n) is 6.12. The van der Waals surface area contributed by atoms with Gasteiger partial charge >= 0.3 is 0 Å². The predicted molar refractivity (Wildman–Crippen MR) is 88.8 cm³/mol. The van der Waals surface area contributed by atoms with E-state index in [0.717, 1.165) is 6.07 Å². The number of likely N-dealkylation sites (tertiary alicyclic amines) is 1. The Morgan fingerprint density at radius 1 is 1.24 bits per heavy atom. The molecule has 3 rings (SSSR count). The fourth-order valence-electron chi connectivity index (χ4n) is 3.09. The third-order valence-electron chi connectivity index (χ3n) is 4.49. The molecule has 0 unspecified atom stereocenters. The number of rotatable bonds is 4. The maximum atomic E-state index is 13.0. The van der Waals surface area contributed by atoms with Crippen molar-refractivity contribution < 1.29 is 23.5 Å². The smallest absolute Gasteiger partial charge is 0.252 e. The molecule has 1 N–H and O–H groups in total. The van der Waals surface area contributed by atoms with Crippen molar-refractivity contribution in [2.24, 2.45) is 0 Å². The van der Waals surface area contributed by atoms with Gasteiger partial charge in [0.1, 0.15) is 5.82 Å². The van der Waals surface area contributed by atoms with Crippen LogP contribution in [0.3, 0.4) is 0 Å². The molecule has 2 aliphatic heterocycles. The van der Waals surface area contributed by atoms with E-state index < -0.39 is 17.5 Å². The number of nitrogens with zero attached hydrogens (tertiary/aromatic N) is 1. The highest BCUT2D eigenvalue weighted by Gasteiger charge is 2.40. The van der Waals surface area contributed by atoms with Gasteiger partial charge in [-0.15, -0.1) is 0 Å². The van der Waals surface area contributed by atoms with Crippen molar-refractivity contribution in [3.8, 4) is 0 Å². The molecule has 0 aromatic heterocycles. The molecule has 2 aliphatic rings. The molecule has 25 heavy (non-hydrogen) atoms. The Hall–Kier alpha value is -1.70. The summed E-state index contributed by atoms with van der Waals surface area (Å²) < 4.78 is 24.3. The van der Waals surface area contributed by atoms with E-state index in [9.17, 15) is 14.0 Å². The van der Waals surface area contributed by atoms with Crippen LogP contribution in [0.25, 0.3) is 0 Å². The van der Waals surface area contributed by atoms with Crippen LogP contribution in [0.4, 0.5) is 4.39 Å². The van der Waals surface area contributed by atoms with Gasteiger partial charge in [0.25, 0.3) is 5.91 Å². The van der Waals surface area contributed by atoms with Crippen molar-refractivity contribution >= 4 is 23.4 Å². The Kier molecular flexibility index (Phi) is 5.56. The van der Waals surface area contributed by atoms with Crippen LogP contribution in [0, 0.1) is 5.82 Å². The molecular formula is C17H20ClFN2O4. The number of piperidine rings is 1. The Morgan fingerprint density at radius 2 is 1.92 bits per heavy atom. The molecule has 8 heteroatoms. The number of hydrogen-bond acceptors (Lipinski definition) is 4. The van der Waals surface area contributed by atoms with E-state index in [1.165, 1.54) is 12.1 Å². The van der Waals surface area contributed by atoms with E-state index in [2.05, 4.69) is 5.32 Å². The highest BCUT2D eigenvalue weighted by atomic mass is 35.5. The maximum Gasteiger partial charge on any atom is 0.252 e. The van der Waals surface area contributed by atoms with Crippen LogP contribution in [-0.2, 0) is 14.3 Å². The van der Waals surface area contributed by atoms with Gasteiger partial charge in [0.05, 0.1) is 23.8 Å². The van der Waals surface area contributed by atoms with Crippen LogP contribution in [0.15, 0.2) is 18.2 Å². The monoisotopic (exact) mass is 370 g/mol. The molecule has 0 saturated carbocycles. The topological polar surface area (TPSA) is 67.9 Å². The fourth-order valence-corrected chi connectivity index (χ4v) is 3.35. The number of benzene rings is 1. The van der Waals surface area contributed by atoms with E-state index >= 15 is 0 Å². The summed E-state index contributed by atoms with van der Waals surface area (Å²) in [6.45, 7) is 2.56. The van der Waals surface area contributed by atoms with Crippen molar-refractivity contribution in [3.05, 3.63) is 34.6 Å². The lowest BCUT2D eigenvalue weighted by molar-refractivity contribution is -0.187. The molecule has 2 fully saturated rings. The number of carbonyl (C=O) groups excluding carboxylic acids is 2. The van der Waals surface area contributed by atoms with E-state index in [1.54, 1.807) is 4.90 Å². The first-order valence-electron chi connectivity index (χ1n) is 8.28. The van der Waals surface area contributed by atoms with Crippen molar-refractivity contribution in [2.75, 3.05) is 32.8 Å². The summed E-state index contributed by atoms with van der Waals surface area (Å²) in [6.07, 6.45) is 1.52. The molecule has 2 heterocycles. The SMILES string of the molecule is O=C(NCCC(=O)N1CCC2(CC1)OCCO2)c1ccc(F)cc1Cl.